The number of hydrogen-bond acceptors (Lipinski definition) is 4. The smallest absolute Gasteiger partial charge is 0.251 e. The van der Waals surface area contributed by atoms with Crippen LogP contribution in [-0.2, 0) is 4.79 Å². The molecule has 0 saturated carbocycles. The molecular formula is C15H22N2O4. The van der Waals surface area contributed by atoms with Crippen LogP contribution in [0.3, 0.4) is 0 Å². The average molecular weight is 294 g/mol. The zero-order valence-electron chi connectivity index (χ0n) is 12.5. The van der Waals surface area contributed by atoms with Crippen LogP contribution in [0.2, 0.25) is 0 Å². The highest BCUT2D eigenvalue weighted by molar-refractivity contribution is 5.95. The van der Waals surface area contributed by atoms with E-state index in [1.54, 1.807) is 24.3 Å². The molecule has 1 rings (SSSR count). The highest BCUT2D eigenvalue weighted by Crippen LogP contribution is 2.11. The molecule has 0 aliphatic rings. The minimum absolute atomic E-state index is 0.387. The first-order valence-corrected chi connectivity index (χ1v) is 7.11. The molecule has 0 aliphatic carbocycles. The molecule has 1 aromatic rings. The number of aliphatic carboxylic acids is 1. The van der Waals surface area contributed by atoms with Crippen molar-refractivity contribution in [3.8, 4) is 5.75 Å². The fraction of sp³-hybridized carbons (Fsp3) is 0.467. The average Bonchev–Trinajstić information content (AvgIpc) is 2.50. The van der Waals surface area contributed by atoms with Gasteiger partial charge in [-0.2, -0.15) is 0 Å². The van der Waals surface area contributed by atoms with Crippen molar-refractivity contribution in [3.63, 3.8) is 0 Å². The third-order valence-corrected chi connectivity index (χ3v) is 3.23. The van der Waals surface area contributed by atoms with Crippen LogP contribution in [0.4, 0.5) is 0 Å². The molecule has 0 spiro atoms. The Hall–Kier alpha value is -2.08. The first kappa shape index (κ1) is 17.0. The molecule has 6 heteroatoms. The van der Waals surface area contributed by atoms with Gasteiger partial charge in [-0.1, -0.05) is 0 Å². The summed E-state index contributed by atoms with van der Waals surface area (Å²) in [4.78, 5) is 23.3. The van der Waals surface area contributed by atoms with Crippen LogP contribution < -0.4 is 20.1 Å². The lowest BCUT2D eigenvalue weighted by atomic mass is 10.2. The fourth-order valence-corrected chi connectivity index (χ4v) is 1.87. The zero-order valence-corrected chi connectivity index (χ0v) is 12.5. The highest BCUT2D eigenvalue weighted by atomic mass is 16.5. The Labute approximate surface area is 124 Å². The van der Waals surface area contributed by atoms with E-state index in [4.69, 9.17) is 4.74 Å². The highest BCUT2D eigenvalue weighted by Gasteiger charge is 2.06. The van der Waals surface area contributed by atoms with Crippen molar-refractivity contribution in [1.29, 1.82) is 0 Å². The second kappa shape index (κ2) is 8.97. The SMILES string of the molecule is CC[NH+](CC)CCOc1ccc(C(=O)NCC(=O)[O-])cc1. The first-order chi connectivity index (χ1) is 10.1. The maximum Gasteiger partial charge on any atom is 0.251 e. The van der Waals surface area contributed by atoms with Crippen molar-refractivity contribution in [2.45, 2.75) is 13.8 Å². The Balaban J connectivity index is 2.43. The monoisotopic (exact) mass is 294 g/mol. The summed E-state index contributed by atoms with van der Waals surface area (Å²) >= 11 is 0. The van der Waals surface area contributed by atoms with Crippen LogP contribution in [0.1, 0.15) is 24.2 Å². The number of hydrogen-bond donors (Lipinski definition) is 2. The number of benzene rings is 1. The second-order valence-electron chi connectivity index (χ2n) is 4.63. The lowest BCUT2D eigenvalue weighted by molar-refractivity contribution is -0.896. The molecule has 1 aromatic carbocycles. The van der Waals surface area contributed by atoms with Gasteiger partial charge in [0.1, 0.15) is 18.9 Å². The summed E-state index contributed by atoms with van der Waals surface area (Å²) in [7, 11) is 0. The van der Waals surface area contributed by atoms with Crippen molar-refractivity contribution in [1.82, 2.24) is 5.32 Å². The minimum atomic E-state index is -1.32. The Morgan fingerprint density at radius 3 is 2.33 bits per heavy atom. The van der Waals surface area contributed by atoms with Gasteiger partial charge in [0.2, 0.25) is 0 Å². The predicted molar refractivity (Wildman–Crippen MR) is 76.2 cm³/mol. The largest absolute Gasteiger partial charge is 0.548 e. The molecule has 0 saturated heterocycles. The number of carboxylic acids is 1. The molecular weight excluding hydrogens is 272 g/mol. The number of carboxylic acid groups (broad SMARTS) is 1. The number of rotatable bonds is 9. The molecule has 116 valence electrons. The molecule has 0 heterocycles. The summed E-state index contributed by atoms with van der Waals surface area (Å²) in [5.74, 6) is -1.07. The van der Waals surface area contributed by atoms with Gasteiger partial charge >= 0.3 is 0 Å². The number of carbonyl (C=O) groups excluding carboxylic acids is 2. The van der Waals surface area contributed by atoms with Crippen molar-refractivity contribution >= 4 is 11.9 Å². The van der Waals surface area contributed by atoms with E-state index in [9.17, 15) is 14.7 Å². The Bertz CT molecular complexity index is 455. The lowest BCUT2D eigenvalue weighted by Crippen LogP contribution is -3.12. The molecule has 0 atom stereocenters. The van der Waals surface area contributed by atoms with Crippen LogP contribution in [0.15, 0.2) is 24.3 Å². The summed E-state index contributed by atoms with van der Waals surface area (Å²) in [5, 5.41) is 12.5. The van der Waals surface area contributed by atoms with Gasteiger partial charge in [0.25, 0.3) is 5.91 Å². The standard InChI is InChI=1S/C15H22N2O4/c1-3-17(4-2)9-10-21-13-7-5-12(6-8-13)15(20)16-11-14(18)19/h5-8H,3-4,9-11H2,1-2H3,(H,16,20)(H,18,19). The normalized spacial score (nSPS) is 10.4. The van der Waals surface area contributed by atoms with E-state index in [1.165, 1.54) is 4.90 Å². The predicted octanol–water partition coefficient (Wildman–Crippen LogP) is -1.53. The third-order valence-electron chi connectivity index (χ3n) is 3.23. The van der Waals surface area contributed by atoms with E-state index in [-0.39, 0.29) is 0 Å². The second-order valence-corrected chi connectivity index (χ2v) is 4.63. The Morgan fingerprint density at radius 1 is 1.19 bits per heavy atom. The van der Waals surface area contributed by atoms with Crippen molar-refractivity contribution in [2.24, 2.45) is 0 Å². The number of quaternary nitrogens is 1. The molecule has 0 fully saturated rings. The van der Waals surface area contributed by atoms with Crippen LogP contribution in [0.25, 0.3) is 0 Å². The van der Waals surface area contributed by atoms with Gasteiger partial charge in [0, 0.05) is 5.56 Å². The topological polar surface area (TPSA) is 82.9 Å². The summed E-state index contributed by atoms with van der Waals surface area (Å²) in [5.41, 5.74) is 0.387. The van der Waals surface area contributed by atoms with Gasteiger partial charge in [-0.3, -0.25) is 4.79 Å². The van der Waals surface area contributed by atoms with Gasteiger partial charge in [0.15, 0.2) is 0 Å². The quantitative estimate of drug-likeness (QED) is 0.579. The van der Waals surface area contributed by atoms with E-state index >= 15 is 0 Å². The maximum atomic E-state index is 11.6. The van der Waals surface area contributed by atoms with Crippen LogP contribution in [0.5, 0.6) is 5.75 Å². The van der Waals surface area contributed by atoms with Gasteiger partial charge in [0.05, 0.1) is 25.6 Å². The number of nitrogens with one attached hydrogen (secondary N) is 2. The van der Waals surface area contributed by atoms with Crippen LogP contribution in [-0.4, -0.2) is 44.7 Å². The van der Waals surface area contributed by atoms with Crippen LogP contribution >= 0.6 is 0 Å². The summed E-state index contributed by atoms with van der Waals surface area (Å²) in [6, 6.07) is 6.60. The molecule has 1 amide bonds. The number of likely N-dealkylation sites (N-methyl/N-ethyl adjacent to an activating group) is 1. The number of amides is 1. The lowest BCUT2D eigenvalue weighted by Gasteiger charge is -2.15. The molecule has 21 heavy (non-hydrogen) atoms. The molecule has 6 nitrogen and oxygen atoms in total. The molecule has 0 radical (unpaired) electrons. The van der Waals surface area contributed by atoms with Crippen molar-refractivity contribution < 1.29 is 24.3 Å². The zero-order chi connectivity index (χ0) is 15.7. The van der Waals surface area contributed by atoms with E-state index in [0.29, 0.717) is 17.9 Å². The molecule has 0 aromatic heterocycles. The molecule has 0 aliphatic heterocycles. The van der Waals surface area contributed by atoms with Gasteiger partial charge in [-0.05, 0) is 38.1 Å². The van der Waals surface area contributed by atoms with Crippen molar-refractivity contribution in [2.75, 3.05) is 32.8 Å². The first-order valence-electron chi connectivity index (χ1n) is 7.11. The third kappa shape index (κ3) is 6.27. The number of ether oxygens (including phenoxy) is 1. The summed E-state index contributed by atoms with van der Waals surface area (Å²) < 4.78 is 5.62. The van der Waals surface area contributed by atoms with E-state index in [2.05, 4.69) is 19.2 Å². The molecule has 2 N–H and O–H groups in total. The van der Waals surface area contributed by atoms with E-state index < -0.39 is 18.4 Å². The molecule has 0 unspecified atom stereocenters. The Morgan fingerprint density at radius 2 is 1.81 bits per heavy atom. The summed E-state index contributed by atoms with van der Waals surface area (Å²) in [6.45, 7) is 7.46. The van der Waals surface area contributed by atoms with Crippen molar-refractivity contribution in [3.05, 3.63) is 29.8 Å². The maximum absolute atomic E-state index is 11.6. The fourth-order valence-electron chi connectivity index (χ4n) is 1.87. The molecule has 0 bridgehead atoms. The number of carbonyl (C=O) groups is 2. The van der Waals surface area contributed by atoms with Gasteiger partial charge in [-0.25, -0.2) is 0 Å². The minimum Gasteiger partial charge on any atom is -0.548 e. The van der Waals surface area contributed by atoms with Crippen LogP contribution in [0, 0.1) is 0 Å². The van der Waals surface area contributed by atoms with E-state index in [0.717, 1.165) is 19.6 Å². The van der Waals surface area contributed by atoms with Gasteiger partial charge < -0.3 is 24.9 Å². The van der Waals surface area contributed by atoms with E-state index in [1.807, 2.05) is 0 Å². The van der Waals surface area contributed by atoms with Gasteiger partial charge in [-0.15, -0.1) is 0 Å². The Kier molecular flexibility index (Phi) is 7.25. The summed E-state index contributed by atoms with van der Waals surface area (Å²) in [6.07, 6.45) is 0.